The third kappa shape index (κ3) is 4.58. The van der Waals surface area contributed by atoms with E-state index in [0.29, 0.717) is 6.61 Å². The smallest absolute Gasteiger partial charge is 0.313 e. The van der Waals surface area contributed by atoms with Crippen LogP contribution in [0.4, 0.5) is 0 Å². The average Bonchev–Trinajstić information content (AvgIpc) is 2.52. The zero-order chi connectivity index (χ0) is 15.8. The molecule has 3 atom stereocenters. The van der Waals surface area contributed by atoms with E-state index < -0.39 is 35.7 Å². The van der Waals surface area contributed by atoms with Gasteiger partial charge in [0.2, 0.25) is 0 Å². The summed E-state index contributed by atoms with van der Waals surface area (Å²) in [7, 11) is 2.55. The molecule has 0 aromatic heterocycles. The van der Waals surface area contributed by atoms with E-state index in [1.807, 2.05) is 6.92 Å². The van der Waals surface area contributed by atoms with Crippen molar-refractivity contribution in [2.75, 3.05) is 20.8 Å². The molecule has 6 heteroatoms. The quantitative estimate of drug-likeness (QED) is 0.320. The molecule has 0 aliphatic heterocycles. The van der Waals surface area contributed by atoms with Crippen molar-refractivity contribution >= 4 is 17.9 Å². The lowest BCUT2D eigenvalue weighted by Gasteiger charge is -2.27. The topological polar surface area (TPSA) is 78.9 Å². The third-order valence-electron chi connectivity index (χ3n) is 3.51. The Morgan fingerprint density at radius 2 is 1.71 bits per heavy atom. The highest BCUT2D eigenvalue weighted by Gasteiger charge is 2.40. The van der Waals surface area contributed by atoms with E-state index >= 15 is 0 Å². The highest BCUT2D eigenvalue weighted by atomic mass is 16.5. The Morgan fingerprint density at radius 3 is 2.29 bits per heavy atom. The fraction of sp³-hybridized carbons (Fsp3) is 0.667. The van der Waals surface area contributed by atoms with Crippen LogP contribution in [0.2, 0.25) is 0 Å². The molecule has 0 bridgehead atoms. The van der Waals surface area contributed by atoms with Crippen LogP contribution >= 0.6 is 0 Å². The van der Waals surface area contributed by atoms with Crippen molar-refractivity contribution in [3.63, 3.8) is 0 Å². The minimum absolute atomic E-state index is 0.188. The lowest BCUT2D eigenvalue weighted by Crippen LogP contribution is -2.36. The molecule has 0 aromatic rings. The number of unbranched alkanes of at least 4 members (excludes halogenated alkanes) is 1. The van der Waals surface area contributed by atoms with Gasteiger partial charge in [-0.2, -0.15) is 0 Å². The van der Waals surface area contributed by atoms with Gasteiger partial charge in [-0.05, 0) is 12.8 Å². The van der Waals surface area contributed by atoms with Gasteiger partial charge in [0.05, 0.1) is 38.6 Å². The van der Waals surface area contributed by atoms with Crippen LogP contribution in [-0.4, -0.2) is 38.7 Å². The molecule has 0 aromatic carbocycles. The van der Waals surface area contributed by atoms with Gasteiger partial charge in [0, 0.05) is 0 Å². The zero-order valence-electron chi connectivity index (χ0n) is 12.7. The van der Waals surface area contributed by atoms with Gasteiger partial charge in [0.25, 0.3) is 0 Å². The maximum absolute atomic E-state index is 12.1. The predicted molar refractivity (Wildman–Crippen MR) is 74.1 cm³/mol. The Kier molecular flexibility index (Phi) is 6.91. The minimum Gasteiger partial charge on any atom is -0.469 e. The molecule has 0 amide bonds. The van der Waals surface area contributed by atoms with E-state index in [-0.39, 0.29) is 6.42 Å². The summed E-state index contributed by atoms with van der Waals surface area (Å²) in [4.78, 5) is 35.5. The number of hydrogen-bond donors (Lipinski definition) is 0. The first kappa shape index (κ1) is 17.2. The standard InChI is InChI=1S/C15H22O6/c1-4-5-8-21-15(18)12-9-10(13(16)19-2)6-7-11(12)14(17)20-3/h6-7,10-12H,4-5,8-9H2,1-3H3. The fourth-order valence-corrected chi connectivity index (χ4v) is 2.26. The monoisotopic (exact) mass is 298 g/mol. The molecule has 0 radical (unpaired) electrons. The first-order valence-corrected chi connectivity index (χ1v) is 7.05. The highest BCUT2D eigenvalue weighted by molar-refractivity contribution is 5.85. The first-order valence-electron chi connectivity index (χ1n) is 7.05. The predicted octanol–water partition coefficient (Wildman–Crippen LogP) is 1.48. The molecule has 1 rings (SSSR count). The summed E-state index contributed by atoms with van der Waals surface area (Å²) in [6, 6.07) is 0. The van der Waals surface area contributed by atoms with Crippen LogP contribution in [0.1, 0.15) is 26.2 Å². The van der Waals surface area contributed by atoms with Crippen molar-refractivity contribution in [2.24, 2.45) is 17.8 Å². The van der Waals surface area contributed by atoms with E-state index in [0.717, 1.165) is 12.8 Å². The number of rotatable bonds is 6. The maximum Gasteiger partial charge on any atom is 0.313 e. The molecule has 0 fully saturated rings. The second-order valence-electron chi connectivity index (χ2n) is 4.93. The molecule has 0 heterocycles. The van der Waals surface area contributed by atoms with Crippen LogP contribution in [0.3, 0.4) is 0 Å². The Labute approximate surface area is 124 Å². The maximum atomic E-state index is 12.1. The Hall–Kier alpha value is -1.85. The van der Waals surface area contributed by atoms with Crippen molar-refractivity contribution < 1.29 is 28.6 Å². The van der Waals surface area contributed by atoms with Gasteiger partial charge in [0.1, 0.15) is 0 Å². The van der Waals surface area contributed by atoms with Gasteiger partial charge in [-0.1, -0.05) is 25.5 Å². The Balaban J connectivity index is 2.83. The van der Waals surface area contributed by atoms with Crippen LogP contribution in [0, 0.1) is 17.8 Å². The third-order valence-corrected chi connectivity index (χ3v) is 3.51. The number of carbonyl (C=O) groups excluding carboxylic acids is 3. The average molecular weight is 298 g/mol. The molecular weight excluding hydrogens is 276 g/mol. The molecule has 0 saturated carbocycles. The van der Waals surface area contributed by atoms with E-state index in [4.69, 9.17) is 9.47 Å². The van der Waals surface area contributed by atoms with E-state index in [2.05, 4.69) is 4.74 Å². The van der Waals surface area contributed by atoms with Gasteiger partial charge in [-0.3, -0.25) is 14.4 Å². The zero-order valence-corrected chi connectivity index (χ0v) is 12.7. The largest absolute Gasteiger partial charge is 0.469 e. The van der Waals surface area contributed by atoms with E-state index in [9.17, 15) is 14.4 Å². The number of carbonyl (C=O) groups is 3. The normalized spacial score (nSPS) is 24.2. The van der Waals surface area contributed by atoms with Crippen LogP contribution in [0.15, 0.2) is 12.2 Å². The number of methoxy groups -OCH3 is 2. The number of ether oxygens (including phenoxy) is 3. The summed E-state index contributed by atoms with van der Waals surface area (Å²) in [6.45, 7) is 2.30. The second-order valence-corrected chi connectivity index (χ2v) is 4.93. The molecular formula is C15H22O6. The molecule has 1 aliphatic rings. The van der Waals surface area contributed by atoms with Crippen molar-refractivity contribution in [1.29, 1.82) is 0 Å². The highest BCUT2D eigenvalue weighted by Crippen LogP contribution is 2.31. The van der Waals surface area contributed by atoms with Gasteiger partial charge >= 0.3 is 17.9 Å². The van der Waals surface area contributed by atoms with Gasteiger partial charge in [0.15, 0.2) is 0 Å². The summed E-state index contributed by atoms with van der Waals surface area (Å²) >= 11 is 0. The summed E-state index contributed by atoms with van der Waals surface area (Å²) in [5, 5.41) is 0. The molecule has 0 spiro atoms. The Morgan fingerprint density at radius 1 is 1.05 bits per heavy atom. The van der Waals surface area contributed by atoms with E-state index in [1.54, 1.807) is 6.08 Å². The fourth-order valence-electron chi connectivity index (χ4n) is 2.26. The summed E-state index contributed by atoms with van der Waals surface area (Å²) in [6.07, 6.45) is 4.97. The first-order chi connectivity index (χ1) is 10.0. The van der Waals surface area contributed by atoms with Gasteiger partial charge in [-0.25, -0.2) is 0 Å². The second kappa shape index (κ2) is 8.44. The van der Waals surface area contributed by atoms with Crippen LogP contribution in [0.5, 0.6) is 0 Å². The van der Waals surface area contributed by atoms with E-state index in [1.165, 1.54) is 20.3 Å². The Bertz CT molecular complexity index is 414. The molecule has 0 N–H and O–H groups in total. The number of esters is 3. The summed E-state index contributed by atoms with van der Waals surface area (Å²) in [5.74, 6) is -3.39. The minimum atomic E-state index is -0.719. The number of hydrogen-bond acceptors (Lipinski definition) is 6. The molecule has 6 nitrogen and oxygen atoms in total. The lowest BCUT2D eigenvalue weighted by atomic mass is 9.79. The summed E-state index contributed by atoms with van der Waals surface area (Å²) < 4.78 is 14.6. The van der Waals surface area contributed by atoms with Crippen molar-refractivity contribution in [1.82, 2.24) is 0 Å². The molecule has 1 aliphatic carbocycles. The summed E-state index contributed by atoms with van der Waals surface area (Å²) in [5.41, 5.74) is 0. The molecule has 118 valence electrons. The molecule has 3 unspecified atom stereocenters. The van der Waals surface area contributed by atoms with Crippen LogP contribution in [-0.2, 0) is 28.6 Å². The van der Waals surface area contributed by atoms with Gasteiger partial charge < -0.3 is 14.2 Å². The van der Waals surface area contributed by atoms with Crippen molar-refractivity contribution in [3.05, 3.63) is 12.2 Å². The molecule has 21 heavy (non-hydrogen) atoms. The lowest BCUT2D eigenvalue weighted by molar-refractivity contribution is -0.160. The van der Waals surface area contributed by atoms with Crippen molar-refractivity contribution in [2.45, 2.75) is 26.2 Å². The molecule has 0 saturated heterocycles. The SMILES string of the molecule is CCCCOC(=O)C1CC(C(=O)OC)C=CC1C(=O)OC. The van der Waals surface area contributed by atoms with Crippen molar-refractivity contribution in [3.8, 4) is 0 Å². The van der Waals surface area contributed by atoms with Gasteiger partial charge in [-0.15, -0.1) is 0 Å². The van der Waals surface area contributed by atoms with Crippen LogP contribution in [0.25, 0.3) is 0 Å². The van der Waals surface area contributed by atoms with Crippen LogP contribution < -0.4 is 0 Å².